The van der Waals surface area contributed by atoms with Crippen molar-refractivity contribution in [2.75, 3.05) is 19.7 Å². The van der Waals surface area contributed by atoms with Gasteiger partial charge in [0.05, 0.1) is 0 Å². The van der Waals surface area contributed by atoms with E-state index in [9.17, 15) is 4.39 Å². The summed E-state index contributed by atoms with van der Waals surface area (Å²) in [5.74, 6) is -0.159. The summed E-state index contributed by atoms with van der Waals surface area (Å²) in [4.78, 5) is 0. The molecule has 4 heteroatoms. The fraction of sp³-hybridized carbons (Fsp3) is 0.538. The Bertz CT molecular complexity index is 333. The van der Waals surface area contributed by atoms with Crippen molar-refractivity contribution in [1.82, 2.24) is 5.32 Å². The van der Waals surface area contributed by atoms with Gasteiger partial charge in [-0.05, 0) is 31.2 Å². The van der Waals surface area contributed by atoms with Crippen molar-refractivity contribution in [2.24, 2.45) is 0 Å². The second-order valence-corrected chi connectivity index (χ2v) is 4.32. The van der Waals surface area contributed by atoms with Crippen molar-refractivity contribution in [3.63, 3.8) is 0 Å². The first-order valence-electron chi connectivity index (χ1n) is 6.02. The minimum atomic E-state index is -0.413. The molecular formula is C13H19ClFNO. The van der Waals surface area contributed by atoms with Crippen LogP contribution in [0.5, 0.6) is 5.75 Å². The van der Waals surface area contributed by atoms with Crippen LogP contribution in [0.25, 0.3) is 0 Å². The second kappa shape index (κ2) is 8.31. The molecule has 1 rings (SSSR count). The van der Waals surface area contributed by atoms with Gasteiger partial charge in [0, 0.05) is 11.6 Å². The highest BCUT2D eigenvalue weighted by molar-refractivity contribution is 6.30. The van der Waals surface area contributed by atoms with Crippen molar-refractivity contribution in [2.45, 2.75) is 26.2 Å². The molecule has 17 heavy (non-hydrogen) atoms. The molecule has 0 fully saturated rings. The zero-order valence-electron chi connectivity index (χ0n) is 10.1. The van der Waals surface area contributed by atoms with Gasteiger partial charge in [-0.1, -0.05) is 31.4 Å². The van der Waals surface area contributed by atoms with Crippen LogP contribution in [0, 0.1) is 5.82 Å². The van der Waals surface area contributed by atoms with Crippen LogP contribution < -0.4 is 10.1 Å². The van der Waals surface area contributed by atoms with Crippen LogP contribution in [-0.2, 0) is 0 Å². The zero-order chi connectivity index (χ0) is 12.5. The highest BCUT2D eigenvalue weighted by Gasteiger charge is 2.03. The van der Waals surface area contributed by atoms with E-state index in [1.165, 1.54) is 25.3 Å². The van der Waals surface area contributed by atoms with Gasteiger partial charge in [0.1, 0.15) is 6.61 Å². The molecule has 0 bridgehead atoms. The van der Waals surface area contributed by atoms with E-state index in [4.69, 9.17) is 16.3 Å². The van der Waals surface area contributed by atoms with Crippen LogP contribution in [0.2, 0.25) is 5.02 Å². The zero-order valence-corrected chi connectivity index (χ0v) is 10.9. The molecule has 96 valence electrons. The van der Waals surface area contributed by atoms with Crippen molar-refractivity contribution < 1.29 is 9.13 Å². The maximum atomic E-state index is 13.3. The number of hydrogen-bond donors (Lipinski definition) is 1. The molecule has 0 aliphatic carbocycles. The molecular weight excluding hydrogens is 241 g/mol. The molecule has 0 aromatic heterocycles. The summed E-state index contributed by atoms with van der Waals surface area (Å²) >= 11 is 5.64. The predicted molar refractivity (Wildman–Crippen MR) is 69.3 cm³/mol. The largest absolute Gasteiger partial charge is 0.489 e. The summed E-state index contributed by atoms with van der Waals surface area (Å²) in [6.07, 6.45) is 3.62. The van der Waals surface area contributed by atoms with E-state index in [0.717, 1.165) is 13.1 Å². The van der Waals surface area contributed by atoms with Gasteiger partial charge in [-0.15, -0.1) is 0 Å². The molecule has 0 saturated carbocycles. The third-order valence-electron chi connectivity index (χ3n) is 2.39. The number of benzene rings is 1. The van der Waals surface area contributed by atoms with Crippen LogP contribution in [-0.4, -0.2) is 19.7 Å². The van der Waals surface area contributed by atoms with Gasteiger partial charge in [0.2, 0.25) is 0 Å². The smallest absolute Gasteiger partial charge is 0.166 e. The number of halogens is 2. The second-order valence-electron chi connectivity index (χ2n) is 3.88. The van der Waals surface area contributed by atoms with E-state index >= 15 is 0 Å². The van der Waals surface area contributed by atoms with Gasteiger partial charge in [-0.3, -0.25) is 0 Å². The molecule has 1 aromatic rings. The topological polar surface area (TPSA) is 21.3 Å². The van der Waals surface area contributed by atoms with Gasteiger partial charge in [0.15, 0.2) is 11.6 Å². The lowest BCUT2D eigenvalue weighted by Gasteiger charge is -2.08. The molecule has 0 spiro atoms. The number of rotatable bonds is 8. The number of ether oxygens (including phenoxy) is 1. The summed E-state index contributed by atoms with van der Waals surface area (Å²) in [6.45, 7) is 4.35. The van der Waals surface area contributed by atoms with E-state index in [-0.39, 0.29) is 5.75 Å². The molecule has 1 N–H and O–H groups in total. The monoisotopic (exact) mass is 259 g/mol. The SMILES string of the molecule is CCCCCNCCOc1ccc(Cl)cc1F. The molecule has 0 saturated heterocycles. The number of hydrogen-bond acceptors (Lipinski definition) is 2. The lowest BCUT2D eigenvalue weighted by atomic mass is 10.2. The van der Waals surface area contributed by atoms with Gasteiger partial charge >= 0.3 is 0 Å². The third kappa shape index (κ3) is 5.89. The molecule has 0 atom stereocenters. The van der Waals surface area contributed by atoms with Gasteiger partial charge in [-0.2, -0.15) is 0 Å². The normalized spacial score (nSPS) is 10.5. The quantitative estimate of drug-likeness (QED) is 0.720. The van der Waals surface area contributed by atoms with Crippen LogP contribution >= 0.6 is 11.6 Å². The molecule has 1 aromatic carbocycles. The van der Waals surface area contributed by atoms with Gasteiger partial charge < -0.3 is 10.1 Å². The fourth-order valence-corrected chi connectivity index (χ4v) is 1.61. The minimum Gasteiger partial charge on any atom is -0.489 e. The fourth-order valence-electron chi connectivity index (χ4n) is 1.45. The average Bonchev–Trinajstić information content (AvgIpc) is 2.30. The van der Waals surface area contributed by atoms with Crippen molar-refractivity contribution in [3.05, 3.63) is 29.0 Å². The first kappa shape index (κ1) is 14.3. The average molecular weight is 260 g/mol. The first-order chi connectivity index (χ1) is 8.24. The maximum absolute atomic E-state index is 13.3. The van der Waals surface area contributed by atoms with Crippen molar-refractivity contribution in [1.29, 1.82) is 0 Å². The number of nitrogens with one attached hydrogen (secondary N) is 1. The molecule has 0 aliphatic rings. The van der Waals surface area contributed by atoms with E-state index in [1.54, 1.807) is 12.1 Å². The highest BCUT2D eigenvalue weighted by Crippen LogP contribution is 2.20. The Balaban J connectivity index is 2.14. The molecule has 0 heterocycles. The van der Waals surface area contributed by atoms with Crippen LogP contribution in [0.4, 0.5) is 4.39 Å². The molecule has 0 amide bonds. The Hall–Kier alpha value is -0.800. The van der Waals surface area contributed by atoms with E-state index in [1.807, 2.05) is 0 Å². The lowest BCUT2D eigenvalue weighted by Crippen LogP contribution is -2.22. The third-order valence-corrected chi connectivity index (χ3v) is 2.62. The summed E-state index contributed by atoms with van der Waals surface area (Å²) in [5.41, 5.74) is 0. The van der Waals surface area contributed by atoms with E-state index in [2.05, 4.69) is 12.2 Å². The number of unbranched alkanes of at least 4 members (excludes halogenated alkanes) is 2. The predicted octanol–water partition coefficient (Wildman–Crippen LogP) is 3.64. The Morgan fingerprint density at radius 2 is 2.12 bits per heavy atom. The summed E-state index contributed by atoms with van der Waals surface area (Å²) < 4.78 is 18.6. The Kier molecular flexibility index (Phi) is 6.97. The molecule has 0 radical (unpaired) electrons. The minimum absolute atomic E-state index is 0.254. The van der Waals surface area contributed by atoms with Gasteiger partial charge in [0.25, 0.3) is 0 Å². The van der Waals surface area contributed by atoms with Crippen LogP contribution in [0.1, 0.15) is 26.2 Å². The van der Waals surface area contributed by atoms with Crippen LogP contribution in [0.3, 0.4) is 0 Å². The Morgan fingerprint density at radius 3 is 2.82 bits per heavy atom. The van der Waals surface area contributed by atoms with Gasteiger partial charge in [-0.25, -0.2) is 4.39 Å². The summed E-state index contributed by atoms with van der Waals surface area (Å²) in [7, 11) is 0. The molecule has 0 unspecified atom stereocenters. The molecule has 0 aliphatic heterocycles. The standard InChI is InChI=1S/C13H19ClFNO/c1-2-3-4-7-16-8-9-17-13-6-5-11(14)10-12(13)15/h5-6,10,16H,2-4,7-9H2,1H3. The summed E-state index contributed by atoms with van der Waals surface area (Å²) in [5, 5.41) is 3.63. The maximum Gasteiger partial charge on any atom is 0.166 e. The first-order valence-corrected chi connectivity index (χ1v) is 6.40. The Morgan fingerprint density at radius 1 is 1.29 bits per heavy atom. The Labute approximate surface area is 107 Å². The molecule has 2 nitrogen and oxygen atoms in total. The highest BCUT2D eigenvalue weighted by atomic mass is 35.5. The van der Waals surface area contributed by atoms with E-state index < -0.39 is 5.82 Å². The van der Waals surface area contributed by atoms with Crippen LogP contribution in [0.15, 0.2) is 18.2 Å². The van der Waals surface area contributed by atoms with E-state index in [0.29, 0.717) is 11.6 Å². The summed E-state index contributed by atoms with van der Waals surface area (Å²) in [6, 6.07) is 4.43. The van der Waals surface area contributed by atoms with Crippen molar-refractivity contribution in [3.8, 4) is 5.75 Å². The van der Waals surface area contributed by atoms with Crippen molar-refractivity contribution >= 4 is 11.6 Å². The lowest BCUT2D eigenvalue weighted by molar-refractivity contribution is 0.298.